The van der Waals surface area contributed by atoms with Crippen LogP contribution in [0.1, 0.15) is 36.1 Å². The molecule has 1 amide bonds. The summed E-state index contributed by atoms with van der Waals surface area (Å²) in [6, 6.07) is 11.4. The van der Waals surface area contributed by atoms with Crippen LogP contribution in [0.25, 0.3) is 0 Å². The maximum atomic E-state index is 12.7. The number of sulfonamides is 1. The molecule has 0 bridgehead atoms. The zero-order valence-electron chi connectivity index (χ0n) is 16.3. The highest BCUT2D eigenvalue weighted by atomic mass is 32.2. The van der Waals surface area contributed by atoms with E-state index in [9.17, 15) is 13.2 Å². The molecule has 0 unspecified atom stereocenters. The monoisotopic (exact) mass is 404 g/mol. The third-order valence-electron chi connectivity index (χ3n) is 5.13. The van der Waals surface area contributed by atoms with E-state index >= 15 is 0 Å². The van der Waals surface area contributed by atoms with Crippen molar-refractivity contribution >= 4 is 15.9 Å². The molecular formula is C21H28N2O4S. The predicted octanol–water partition coefficient (Wildman–Crippen LogP) is 2.88. The van der Waals surface area contributed by atoms with Gasteiger partial charge in [-0.2, -0.15) is 0 Å². The molecule has 28 heavy (non-hydrogen) atoms. The lowest BCUT2D eigenvalue weighted by Gasteiger charge is -2.30. The number of carbonyl (C=O) groups is 1. The first kappa shape index (κ1) is 20.6. The Balaban J connectivity index is 1.42. The van der Waals surface area contributed by atoms with Gasteiger partial charge in [-0.25, -0.2) is 12.7 Å². The highest BCUT2D eigenvalue weighted by Gasteiger charge is 2.31. The minimum atomic E-state index is -3.36. The maximum Gasteiger partial charge on any atom is 0.223 e. The van der Waals surface area contributed by atoms with Crippen LogP contribution in [-0.2, 0) is 27.0 Å². The van der Waals surface area contributed by atoms with E-state index < -0.39 is 10.0 Å². The molecule has 6 nitrogen and oxygen atoms in total. The smallest absolute Gasteiger partial charge is 0.223 e. The molecule has 2 aromatic rings. The molecule has 152 valence electrons. The second-order valence-electron chi connectivity index (χ2n) is 7.39. The van der Waals surface area contributed by atoms with E-state index in [0.29, 0.717) is 32.5 Å². The summed E-state index contributed by atoms with van der Waals surface area (Å²) in [6.45, 7) is 3.36. The van der Waals surface area contributed by atoms with E-state index in [4.69, 9.17) is 4.42 Å². The zero-order chi connectivity index (χ0) is 20.0. The number of rotatable bonds is 8. The SMILES string of the molecule is Cc1cccc(CS(=O)(=O)N2CCC(C(=O)NCCCc3ccco3)CC2)c1. The minimum Gasteiger partial charge on any atom is -0.469 e. The molecule has 1 aromatic carbocycles. The van der Waals surface area contributed by atoms with Crippen LogP contribution in [0.4, 0.5) is 0 Å². The maximum absolute atomic E-state index is 12.7. The highest BCUT2D eigenvalue weighted by molar-refractivity contribution is 7.88. The summed E-state index contributed by atoms with van der Waals surface area (Å²) in [5.74, 6) is 0.837. The van der Waals surface area contributed by atoms with Gasteiger partial charge >= 0.3 is 0 Å². The molecule has 0 radical (unpaired) electrons. The molecule has 2 heterocycles. The summed E-state index contributed by atoms with van der Waals surface area (Å²) in [5, 5.41) is 2.97. The molecule has 1 saturated heterocycles. The second kappa shape index (κ2) is 9.39. The van der Waals surface area contributed by atoms with Crippen LogP contribution in [0.15, 0.2) is 47.1 Å². The summed E-state index contributed by atoms with van der Waals surface area (Å²) in [7, 11) is -3.36. The fourth-order valence-electron chi connectivity index (χ4n) is 3.57. The minimum absolute atomic E-state index is 0.0122. The van der Waals surface area contributed by atoms with Gasteiger partial charge in [-0.05, 0) is 43.9 Å². The first-order valence-electron chi connectivity index (χ1n) is 9.77. The van der Waals surface area contributed by atoms with Crippen molar-refractivity contribution in [1.29, 1.82) is 0 Å². The number of amides is 1. The van der Waals surface area contributed by atoms with Gasteiger partial charge in [0.25, 0.3) is 0 Å². The molecule has 1 aliphatic heterocycles. The lowest BCUT2D eigenvalue weighted by Crippen LogP contribution is -2.43. The van der Waals surface area contributed by atoms with Crippen molar-refractivity contribution in [2.45, 2.75) is 38.4 Å². The average molecular weight is 405 g/mol. The number of hydrogen-bond donors (Lipinski definition) is 1. The van der Waals surface area contributed by atoms with Crippen LogP contribution in [0.2, 0.25) is 0 Å². The predicted molar refractivity (Wildman–Crippen MR) is 108 cm³/mol. The first-order valence-corrected chi connectivity index (χ1v) is 11.4. The molecule has 0 atom stereocenters. The number of aryl methyl sites for hydroxylation is 2. The van der Waals surface area contributed by atoms with E-state index in [0.717, 1.165) is 29.7 Å². The molecule has 7 heteroatoms. The van der Waals surface area contributed by atoms with Crippen LogP contribution < -0.4 is 5.32 Å². The van der Waals surface area contributed by atoms with E-state index in [1.54, 1.807) is 6.26 Å². The van der Waals surface area contributed by atoms with E-state index in [1.165, 1.54) is 4.31 Å². The number of nitrogens with zero attached hydrogens (tertiary/aromatic N) is 1. The molecule has 0 aliphatic carbocycles. The zero-order valence-corrected chi connectivity index (χ0v) is 17.1. The van der Waals surface area contributed by atoms with Gasteiger partial charge in [0.05, 0.1) is 12.0 Å². The lowest BCUT2D eigenvalue weighted by molar-refractivity contribution is -0.126. The van der Waals surface area contributed by atoms with Crippen molar-refractivity contribution in [1.82, 2.24) is 9.62 Å². The molecule has 1 aliphatic rings. The summed E-state index contributed by atoms with van der Waals surface area (Å²) in [5.41, 5.74) is 1.85. The number of piperidine rings is 1. The topological polar surface area (TPSA) is 79.6 Å². The van der Waals surface area contributed by atoms with Gasteiger partial charge < -0.3 is 9.73 Å². The second-order valence-corrected chi connectivity index (χ2v) is 9.36. The van der Waals surface area contributed by atoms with Crippen molar-refractivity contribution in [3.63, 3.8) is 0 Å². The molecule has 0 saturated carbocycles. The van der Waals surface area contributed by atoms with Gasteiger partial charge in [0.2, 0.25) is 15.9 Å². The Kier molecular flexibility index (Phi) is 6.91. The first-order chi connectivity index (χ1) is 13.4. The van der Waals surface area contributed by atoms with Crippen molar-refractivity contribution in [3.05, 3.63) is 59.5 Å². The Hall–Kier alpha value is -2.12. The normalized spacial score (nSPS) is 16.2. The van der Waals surface area contributed by atoms with E-state index in [-0.39, 0.29) is 17.6 Å². The fourth-order valence-corrected chi connectivity index (χ4v) is 5.12. The van der Waals surface area contributed by atoms with Gasteiger partial charge in [0.15, 0.2) is 0 Å². The molecule has 0 spiro atoms. The Morgan fingerprint density at radius 2 is 2.00 bits per heavy atom. The average Bonchev–Trinajstić information content (AvgIpc) is 3.18. The highest BCUT2D eigenvalue weighted by Crippen LogP contribution is 2.22. The van der Waals surface area contributed by atoms with Crippen molar-refractivity contribution < 1.29 is 17.6 Å². The third kappa shape index (κ3) is 5.69. The van der Waals surface area contributed by atoms with Gasteiger partial charge in [-0.3, -0.25) is 4.79 Å². The molecule has 3 rings (SSSR count). The summed E-state index contributed by atoms with van der Waals surface area (Å²) in [4.78, 5) is 12.3. The summed E-state index contributed by atoms with van der Waals surface area (Å²) in [6.07, 6.45) is 4.40. The lowest BCUT2D eigenvalue weighted by atomic mass is 9.97. The fraction of sp³-hybridized carbons (Fsp3) is 0.476. The summed E-state index contributed by atoms with van der Waals surface area (Å²) >= 11 is 0. The van der Waals surface area contributed by atoms with Crippen molar-refractivity contribution in [3.8, 4) is 0 Å². The Morgan fingerprint density at radius 1 is 1.21 bits per heavy atom. The van der Waals surface area contributed by atoms with Gasteiger partial charge in [0, 0.05) is 32.0 Å². The number of nitrogens with one attached hydrogen (secondary N) is 1. The van der Waals surface area contributed by atoms with Crippen LogP contribution >= 0.6 is 0 Å². The molecule has 1 aromatic heterocycles. The Morgan fingerprint density at radius 3 is 2.68 bits per heavy atom. The Labute approximate surface area is 167 Å². The van der Waals surface area contributed by atoms with Crippen LogP contribution in [0, 0.1) is 12.8 Å². The molecule has 1 N–H and O–H groups in total. The number of hydrogen-bond acceptors (Lipinski definition) is 4. The molecule has 1 fully saturated rings. The third-order valence-corrected chi connectivity index (χ3v) is 6.98. The van der Waals surface area contributed by atoms with Crippen LogP contribution in [0.3, 0.4) is 0 Å². The van der Waals surface area contributed by atoms with Crippen molar-refractivity contribution in [2.75, 3.05) is 19.6 Å². The molecular weight excluding hydrogens is 376 g/mol. The number of furan rings is 1. The largest absolute Gasteiger partial charge is 0.469 e. The van der Waals surface area contributed by atoms with E-state index in [1.807, 2.05) is 43.3 Å². The standard InChI is InChI=1S/C21H28N2O4S/c1-17-5-2-6-18(15-17)16-28(25,26)23-12-9-19(10-13-23)21(24)22-11-3-7-20-8-4-14-27-20/h2,4-6,8,14-15,19H,3,7,9-13,16H2,1H3,(H,22,24). The van der Waals surface area contributed by atoms with Gasteiger partial charge in [-0.1, -0.05) is 29.8 Å². The van der Waals surface area contributed by atoms with Gasteiger partial charge in [-0.15, -0.1) is 0 Å². The number of benzene rings is 1. The summed E-state index contributed by atoms with van der Waals surface area (Å²) < 4.78 is 32.2. The van der Waals surface area contributed by atoms with Crippen LogP contribution in [0.5, 0.6) is 0 Å². The number of carbonyl (C=O) groups excluding carboxylic acids is 1. The van der Waals surface area contributed by atoms with Gasteiger partial charge in [0.1, 0.15) is 5.76 Å². The van der Waals surface area contributed by atoms with Crippen molar-refractivity contribution in [2.24, 2.45) is 5.92 Å². The Bertz CT molecular complexity index is 870. The van der Waals surface area contributed by atoms with E-state index in [2.05, 4.69) is 5.32 Å². The van der Waals surface area contributed by atoms with Crippen LogP contribution in [-0.4, -0.2) is 38.3 Å². The quantitative estimate of drug-likeness (QED) is 0.686.